The summed E-state index contributed by atoms with van der Waals surface area (Å²) in [6, 6.07) is 6.35. The standard InChI is InChI=1S/C16H22BrNO2/c1-11(13-6-7-13)18(2)16(19)9-5-12-4-8-15(20-3)14(17)10-12/h4,8,10-11,13H,5-7,9H2,1-3H3. The lowest BCUT2D eigenvalue weighted by Crippen LogP contribution is -2.36. The van der Waals surface area contributed by atoms with E-state index < -0.39 is 0 Å². The Balaban J connectivity index is 1.87. The lowest BCUT2D eigenvalue weighted by atomic mass is 10.1. The molecule has 1 aromatic rings. The van der Waals surface area contributed by atoms with Crippen molar-refractivity contribution in [3.8, 4) is 5.75 Å². The Morgan fingerprint density at radius 3 is 2.75 bits per heavy atom. The van der Waals surface area contributed by atoms with Gasteiger partial charge in [-0.3, -0.25) is 4.79 Å². The highest BCUT2D eigenvalue weighted by molar-refractivity contribution is 9.10. The van der Waals surface area contributed by atoms with Gasteiger partial charge in [-0.05, 0) is 65.7 Å². The molecule has 1 aromatic carbocycles. The van der Waals surface area contributed by atoms with Gasteiger partial charge < -0.3 is 9.64 Å². The molecule has 0 heterocycles. The molecule has 110 valence electrons. The number of carbonyl (C=O) groups is 1. The predicted octanol–water partition coefficient (Wildman–Crippen LogP) is 3.65. The second-order valence-corrected chi connectivity index (χ2v) is 6.41. The third-order valence-corrected chi connectivity index (χ3v) is 4.77. The summed E-state index contributed by atoms with van der Waals surface area (Å²) in [5.41, 5.74) is 1.15. The van der Waals surface area contributed by atoms with Gasteiger partial charge >= 0.3 is 0 Å². The van der Waals surface area contributed by atoms with Gasteiger partial charge in [0.2, 0.25) is 5.91 Å². The zero-order chi connectivity index (χ0) is 14.7. The molecule has 0 aromatic heterocycles. The van der Waals surface area contributed by atoms with E-state index >= 15 is 0 Å². The average molecular weight is 340 g/mol. The monoisotopic (exact) mass is 339 g/mol. The summed E-state index contributed by atoms with van der Waals surface area (Å²) in [4.78, 5) is 14.1. The zero-order valence-corrected chi connectivity index (χ0v) is 13.9. The quantitative estimate of drug-likeness (QED) is 0.791. The van der Waals surface area contributed by atoms with E-state index in [-0.39, 0.29) is 5.91 Å². The summed E-state index contributed by atoms with van der Waals surface area (Å²) >= 11 is 3.47. The van der Waals surface area contributed by atoms with E-state index in [1.165, 1.54) is 12.8 Å². The normalized spacial score (nSPS) is 15.8. The van der Waals surface area contributed by atoms with Crippen molar-refractivity contribution < 1.29 is 9.53 Å². The SMILES string of the molecule is COc1ccc(CCC(=O)N(C)C(C)C2CC2)cc1Br. The van der Waals surface area contributed by atoms with Crippen molar-refractivity contribution in [2.75, 3.05) is 14.2 Å². The van der Waals surface area contributed by atoms with E-state index in [2.05, 4.69) is 22.9 Å². The van der Waals surface area contributed by atoms with Crippen LogP contribution in [-0.4, -0.2) is 31.0 Å². The smallest absolute Gasteiger partial charge is 0.222 e. The topological polar surface area (TPSA) is 29.5 Å². The van der Waals surface area contributed by atoms with Crippen LogP contribution in [0.2, 0.25) is 0 Å². The summed E-state index contributed by atoms with van der Waals surface area (Å²) < 4.78 is 6.14. The van der Waals surface area contributed by atoms with Gasteiger partial charge in [0.15, 0.2) is 0 Å². The van der Waals surface area contributed by atoms with E-state index in [0.717, 1.165) is 28.1 Å². The zero-order valence-electron chi connectivity index (χ0n) is 12.4. The molecule has 1 aliphatic carbocycles. The Morgan fingerprint density at radius 2 is 2.20 bits per heavy atom. The first-order chi connectivity index (χ1) is 9.52. The summed E-state index contributed by atoms with van der Waals surface area (Å²) in [5, 5.41) is 0. The third kappa shape index (κ3) is 3.75. The first kappa shape index (κ1) is 15.4. The van der Waals surface area contributed by atoms with Crippen LogP contribution < -0.4 is 4.74 Å². The molecule has 1 atom stereocenters. The fourth-order valence-electron chi connectivity index (χ4n) is 2.41. The van der Waals surface area contributed by atoms with Crippen molar-refractivity contribution in [2.24, 2.45) is 5.92 Å². The van der Waals surface area contributed by atoms with E-state index in [9.17, 15) is 4.79 Å². The van der Waals surface area contributed by atoms with Crippen LogP contribution in [0.15, 0.2) is 22.7 Å². The largest absolute Gasteiger partial charge is 0.496 e. The summed E-state index contributed by atoms with van der Waals surface area (Å²) in [6.45, 7) is 2.15. The van der Waals surface area contributed by atoms with E-state index in [1.807, 2.05) is 30.1 Å². The molecule has 0 bridgehead atoms. The Bertz CT molecular complexity index is 485. The number of benzene rings is 1. The average Bonchev–Trinajstić information content (AvgIpc) is 3.27. The number of amides is 1. The minimum Gasteiger partial charge on any atom is -0.496 e. The van der Waals surface area contributed by atoms with Gasteiger partial charge in [-0.15, -0.1) is 0 Å². The van der Waals surface area contributed by atoms with Gasteiger partial charge in [-0.2, -0.15) is 0 Å². The molecule has 0 N–H and O–H groups in total. The summed E-state index contributed by atoms with van der Waals surface area (Å²) in [5.74, 6) is 1.77. The van der Waals surface area contributed by atoms with E-state index in [0.29, 0.717) is 12.5 Å². The second kappa shape index (κ2) is 6.61. The molecule has 1 aliphatic rings. The number of carbonyl (C=O) groups excluding carboxylic acids is 1. The van der Waals surface area contributed by atoms with Crippen molar-refractivity contribution in [1.82, 2.24) is 4.90 Å². The molecule has 0 saturated heterocycles. The van der Waals surface area contributed by atoms with Crippen molar-refractivity contribution in [3.63, 3.8) is 0 Å². The number of halogens is 1. The molecular formula is C16H22BrNO2. The van der Waals surface area contributed by atoms with E-state index in [1.54, 1.807) is 7.11 Å². The van der Waals surface area contributed by atoms with Crippen LogP contribution in [0.3, 0.4) is 0 Å². The van der Waals surface area contributed by atoms with Crippen LogP contribution in [0.5, 0.6) is 5.75 Å². The molecule has 0 radical (unpaired) electrons. The van der Waals surface area contributed by atoms with Crippen LogP contribution in [0.25, 0.3) is 0 Å². The van der Waals surface area contributed by atoms with Gasteiger partial charge in [0, 0.05) is 19.5 Å². The maximum Gasteiger partial charge on any atom is 0.222 e. The van der Waals surface area contributed by atoms with Gasteiger partial charge in [-0.1, -0.05) is 6.07 Å². The number of aryl methyl sites for hydroxylation is 1. The Hall–Kier alpha value is -1.03. The first-order valence-corrected chi connectivity index (χ1v) is 7.90. The van der Waals surface area contributed by atoms with Crippen molar-refractivity contribution in [2.45, 2.75) is 38.6 Å². The number of nitrogens with zero attached hydrogens (tertiary/aromatic N) is 1. The molecule has 3 nitrogen and oxygen atoms in total. The molecular weight excluding hydrogens is 318 g/mol. The Kier molecular flexibility index (Phi) is 5.08. The maximum atomic E-state index is 12.2. The van der Waals surface area contributed by atoms with Crippen LogP contribution in [0.4, 0.5) is 0 Å². The second-order valence-electron chi connectivity index (χ2n) is 5.55. The lowest BCUT2D eigenvalue weighted by Gasteiger charge is -2.25. The van der Waals surface area contributed by atoms with Gasteiger partial charge in [0.1, 0.15) is 5.75 Å². The van der Waals surface area contributed by atoms with Gasteiger partial charge in [-0.25, -0.2) is 0 Å². The minimum atomic E-state index is 0.233. The highest BCUT2D eigenvalue weighted by atomic mass is 79.9. The highest BCUT2D eigenvalue weighted by Crippen LogP contribution is 2.34. The fraction of sp³-hybridized carbons (Fsp3) is 0.562. The minimum absolute atomic E-state index is 0.233. The molecule has 1 fully saturated rings. The third-order valence-electron chi connectivity index (χ3n) is 4.15. The van der Waals surface area contributed by atoms with Crippen LogP contribution in [-0.2, 0) is 11.2 Å². The number of rotatable bonds is 6. The Labute approximate surface area is 129 Å². The highest BCUT2D eigenvalue weighted by Gasteiger charge is 2.32. The van der Waals surface area contributed by atoms with E-state index in [4.69, 9.17) is 4.74 Å². The Morgan fingerprint density at radius 1 is 1.50 bits per heavy atom. The lowest BCUT2D eigenvalue weighted by molar-refractivity contribution is -0.132. The first-order valence-electron chi connectivity index (χ1n) is 7.11. The molecule has 2 rings (SSSR count). The number of methoxy groups -OCH3 is 1. The number of ether oxygens (including phenoxy) is 1. The molecule has 0 spiro atoms. The van der Waals surface area contributed by atoms with Gasteiger partial charge in [0.05, 0.1) is 11.6 Å². The molecule has 1 unspecified atom stereocenters. The predicted molar refractivity (Wildman–Crippen MR) is 84.0 cm³/mol. The molecule has 1 amide bonds. The summed E-state index contributed by atoms with van der Waals surface area (Å²) in [7, 11) is 3.58. The fourth-order valence-corrected chi connectivity index (χ4v) is 3.00. The number of hydrogen-bond donors (Lipinski definition) is 0. The van der Waals surface area contributed by atoms with Crippen molar-refractivity contribution in [3.05, 3.63) is 28.2 Å². The number of hydrogen-bond acceptors (Lipinski definition) is 2. The van der Waals surface area contributed by atoms with Crippen molar-refractivity contribution >= 4 is 21.8 Å². The maximum absolute atomic E-state index is 12.2. The van der Waals surface area contributed by atoms with Gasteiger partial charge in [0.25, 0.3) is 0 Å². The van der Waals surface area contributed by atoms with Crippen LogP contribution in [0.1, 0.15) is 31.7 Å². The molecule has 4 heteroatoms. The molecule has 1 saturated carbocycles. The van der Waals surface area contributed by atoms with Crippen LogP contribution >= 0.6 is 15.9 Å². The molecule has 0 aliphatic heterocycles. The molecule has 20 heavy (non-hydrogen) atoms. The van der Waals surface area contributed by atoms with Crippen LogP contribution in [0, 0.1) is 5.92 Å². The van der Waals surface area contributed by atoms with Crippen molar-refractivity contribution in [1.29, 1.82) is 0 Å². The summed E-state index contributed by atoms with van der Waals surface area (Å²) in [6.07, 6.45) is 3.86.